The topological polar surface area (TPSA) is 44.1 Å². The Hall–Kier alpha value is -2.10. The van der Waals surface area contributed by atoms with Crippen LogP contribution < -0.4 is 0 Å². The lowest BCUT2D eigenvalue weighted by molar-refractivity contribution is 0.0519. The summed E-state index contributed by atoms with van der Waals surface area (Å²) in [6, 6.07) is 11.5. The van der Waals surface area contributed by atoms with Crippen LogP contribution in [0.3, 0.4) is 0 Å². The first kappa shape index (κ1) is 12.4. The maximum absolute atomic E-state index is 11.7. The second-order valence-corrected chi connectivity index (χ2v) is 3.84. The molecule has 0 fully saturated rings. The van der Waals surface area contributed by atoms with Gasteiger partial charge >= 0.3 is 5.97 Å². The van der Waals surface area contributed by atoms with Crippen LogP contribution in [0, 0.1) is 0 Å². The van der Waals surface area contributed by atoms with Gasteiger partial charge in [-0.15, -0.1) is 0 Å². The van der Waals surface area contributed by atoms with E-state index in [9.17, 15) is 4.79 Å². The van der Waals surface area contributed by atoms with Crippen LogP contribution in [-0.4, -0.2) is 22.4 Å². The second kappa shape index (κ2) is 5.49. The molecule has 1 aromatic heterocycles. The molecule has 2 rings (SSSR count). The van der Waals surface area contributed by atoms with E-state index in [1.54, 1.807) is 17.7 Å². The van der Waals surface area contributed by atoms with Gasteiger partial charge in [0.25, 0.3) is 0 Å². The van der Waals surface area contributed by atoms with Crippen LogP contribution in [0.5, 0.6) is 0 Å². The van der Waals surface area contributed by atoms with E-state index in [2.05, 4.69) is 5.10 Å². The largest absolute Gasteiger partial charge is 0.461 e. The number of nitrogens with zero attached hydrogens (tertiary/aromatic N) is 2. The summed E-state index contributed by atoms with van der Waals surface area (Å²) < 4.78 is 6.75. The zero-order valence-electron chi connectivity index (χ0n) is 10.6. The molecule has 0 bridgehead atoms. The Morgan fingerprint density at radius 2 is 2.00 bits per heavy atom. The molecule has 18 heavy (non-hydrogen) atoms. The SMILES string of the molecule is CCOC(=O)c1cc(CC)n(-c2ccccc2)n1. The first-order valence-corrected chi connectivity index (χ1v) is 6.07. The van der Waals surface area contributed by atoms with Crippen molar-refractivity contribution in [2.75, 3.05) is 6.61 Å². The Bertz CT molecular complexity index is 532. The molecule has 0 saturated heterocycles. The number of carbonyl (C=O) groups excluding carboxylic acids is 1. The number of ether oxygens (including phenoxy) is 1. The number of rotatable bonds is 4. The Balaban J connectivity index is 2.39. The third kappa shape index (κ3) is 2.42. The maximum Gasteiger partial charge on any atom is 0.358 e. The monoisotopic (exact) mass is 244 g/mol. The number of hydrogen-bond donors (Lipinski definition) is 0. The van der Waals surface area contributed by atoms with E-state index >= 15 is 0 Å². The Morgan fingerprint density at radius 1 is 1.28 bits per heavy atom. The van der Waals surface area contributed by atoms with Gasteiger partial charge in [0.2, 0.25) is 0 Å². The van der Waals surface area contributed by atoms with E-state index in [1.165, 1.54) is 0 Å². The van der Waals surface area contributed by atoms with Crippen molar-refractivity contribution >= 4 is 5.97 Å². The molecule has 0 radical (unpaired) electrons. The molecule has 0 unspecified atom stereocenters. The van der Waals surface area contributed by atoms with Gasteiger partial charge in [-0.3, -0.25) is 0 Å². The fourth-order valence-electron chi connectivity index (χ4n) is 1.77. The van der Waals surface area contributed by atoms with Gasteiger partial charge in [-0.2, -0.15) is 5.10 Å². The van der Waals surface area contributed by atoms with Gasteiger partial charge in [0.1, 0.15) is 0 Å². The predicted molar refractivity (Wildman–Crippen MR) is 68.9 cm³/mol. The summed E-state index contributed by atoms with van der Waals surface area (Å²) in [5.41, 5.74) is 2.30. The molecule has 0 saturated carbocycles. The van der Waals surface area contributed by atoms with Crippen molar-refractivity contribution in [2.24, 2.45) is 0 Å². The van der Waals surface area contributed by atoms with Crippen LogP contribution in [-0.2, 0) is 11.2 Å². The molecule has 2 aromatic rings. The fraction of sp³-hybridized carbons (Fsp3) is 0.286. The van der Waals surface area contributed by atoms with E-state index in [1.807, 2.05) is 37.3 Å². The fourth-order valence-corrected chi connectivity index (χ4v) is 1.77. The zero-order chi connectivity index (χ0) is 13.0. The molecule has 94 valence electrons. The van der Waals surface area contributed by atoms with E-state index in [0.29, 0.717) is 12.3 Å². The molecule has 0 aliphatic carbocycles. The predicted octanol–water partition coefficient (Wildman–Crippen LogP) is 2.61. The molecular formula is C14H16N2O2. The zero-order valence-corrected chi connectivity index (χ0v) is 10.6. The van der Waals surface area contributed by atoms with Crippen LogP contribution in [0.4, 0.5) is 0 Å². The van der Waals surface area contributed by atoms with E-state index in [-0.39, 0.29) is 5.97 Å². The third-order valence-corrected chi connectivity index (χ3v) is 2.63. The van der Waals surface area contributed by atoms with Crippen molar-refractivity contribution in [3.05, 3.63) is 47.8 Å². The average Bonchev–Trinajstić information content (AvgIpc) is 2.84. The minimum atomic E-state index is -0.373. The Morgan fingerprint density at radius 3 is 2.61 bits per heavy atom. The van der Waals surface area contributed by atoms with Gasteiger partial charge in [0, 0.05) is 5.69 Å². The lowest BCUT2D eigenvalue weighted by atomic mass is 10.2. The highest BCUT2D eigenvalue weighted by molar-refractivity contribution is 5.87. The molecule has 1 heterocycles. The summed E-state index contributed by atoms with van der Waals surface area (Å²) in [5.74, 6) is -0.373. The summed E-state index contributed by atoms with van der Waals surface area (Å²) in [7, 11) is 0. The molecule has 0 aliphatic heterocycles. The number of benzene rings is 1. The molecule has 0 N–H and O–H groups in total. The normalized spacial score (nSPS) is 10.3. The average molecular weight is 244 g/mol. The highest BCUT2D eigenvalue weighted by Crippen LogP contribution is 2.13. The van der Waals surface area contributed by atoms with Crippen molar-refractivity contribution in [1.82, 2.24) is 9.78 Å². The van der Waals surface area contributed by atoms with E-state index < -0.39 is 0 Å². The lowest BCUT2D eigenvalue weighted by Crippen LogP contribution is -2.07. The van der Waals surface area contributed by atoms with Gasteiger partial charge in [-0.25, -0.2) is 9.48 Å². The van der Waals surface area contributed by atoms with Gasteiger partial charge < -0.3 is 4.74 Å². The number of para-hydroxylation sites is 1. The second-order valence-electron chi connectivity index (χ2n) is 3.84. The Labute approximate surface area is 106 Å². The van der Waals surface area contributed by atoms with Crippen LogP contribution in [0.15, 0.2) is 36.4 Å². The van der Waals surface area contributed by atoms with E-state index in [4.69, 9.17) is 4.74 Å². The highest BCUT2D eigenvalue weighted by Gasteiger charge is 2.14. The van der Waals surface area contributed by atoms with Crippen LogP contribution in [0.2, 0.25) is 0 Å². The molecule has 0 aliphatic rings. The van der Waals surface area contributed by atoms with Crippen molar-refractivity contribution in [1.29, 1.82) is 0 Å². The van der Waals surface area contributed by atoms with Crippen LogP contribution >= 0.6 is 0 Å². The molecular weight excluding hydrogens is 228 g/mol. The van der Waals surface area contributed by atoms with Crippen LogP contribution in [0.1, 0.15) is 30.0 Å². The van der Waals surface area contributed by atoms with Crippen molar-refractivity contribution in [2.45, 2.75) is 20.3 Å². The smallest absolute Gasteiger partial charge is 0.358 e. The number of aryl methyl sites for hydroxylation is 1. The molecule has 0 atom stereocenters. The van der Waals surface area contributed by atoms with Gasteiger partial charge in [-0.1, -0.05) is 25.1 Å². The summed E-state index contributed by atoms with van der Waals surface area (Å²) in [5, 5.41) is 4.31. The van der Waals surface area contributed by atoms with E-state index in [0.717, 1.165) is 17.8 Å². The number of aromatic nitrogens is 2. The third-order valence-electron chi connectivity index (χ3n) is 2.63. The first-order valence-electron chi connectivity index (χ1n) is 6.07. The van der Waals surface area contributed by atoms with Gasteiger partial charge in [0.15, 0.2) is 5.69 Å². The lowest BCUT2D eigenvalue weighted by Gasteiger charge is -2.04. The minimum Gasteiger partial charge on any atom is -0.461 e. The summed E-state index contributed by atoms with van der Waals surface area (Å²) in [6.45, 7) is 4.18. The van der Waals surface area contributed by atoms with Crippen LogP contribution in [0.25, 0.3) is 5.69 Å². The van der Waals surface area contributed by atoms with Gasteiger partial charge in [-0.05, 0) is 31.5 Å². The molecule has 0 spiro atoms. The molecule has 4 heteroatoms. The highest BCUT2D eigenvalue weighted by atomic mass is 16.5. The van der Waals surface area contributed by atoms with Crippen molar-refractivity contribution < 1.29 is 9.53 Å². The van der Waals surface area contributed by atoms with Gasteiger partial charge in [0.05, 0.1) is 12.3 Å². The van der Waals surface area contributed by atoms with Crippen molar-refractivity contribution in [3.63, 3.8) is 0 Å². The molecule has 4 nitrogen and oxygen atoms in total. The summed E-state index contributed by atoms with van der Waals surface area (Å²) in [6.07, 6.45) is 0.807. The number of esters is 1. The summed E-state index contributed by atoms with van der Waals surface area (Å²) >= 11 is 0. The summed E-state index contributed by atoms with van der Waals surface area (Å²) in [4.78, 5) is 11.7. The van der Waals surface area contributed by atoms with Crippen molar-refractivity contribution in [3.8, 4) is 5.69 Å². The molecule has 0 amide bonds. The standard InChI is InChI=1S/C14H16N2O2/c1-3-11-10-13(14(17)18-4-2)15-16(11)12-8-6-5-7-9-12/h5-10H,3-4H2,1-2H3. The number of hydrogen-bond acceptors (Lipinski definition) is 3. The minimum absolute atomic E-state index is 0.359. The maximum atomic E-state index is 11.7. The number of carbonyl (C=O) groups is 1. The molecule has 1 aromatic carbocycles. The Kier molecular flexibility index (Phi) is 3.77. The quantitative estimate of drug-likeness (QED) is 0.776. The first-order chi connectivity index (χ1) is 8.76.